The summed E-state index contributed by atoms with van der Waals surface area (Å²) in [6, 6.07) is 59.9. The molecule has 340 valence electrons. The second kappa shape index (κ2) is 22.7. The third-order valence-electron chi connectivity index (χ3n) is 10.5. The smallest absolute Gasteiger partial charge is 0.258 e. The van der Waals surface area contributed by atoms with Gasteiger partial charge in [-0.1, -0.05) is 112 Å². The van der Waals surface area contributed by atoms with Crippen LogP contribution in [0.25, 0.3) is 45.7 Å². The van der Waals surface area contributed by atoms with Gasteiger partial charge in [0, 0.05) is 28.1 Å². The van der Waals surface area contributed by atoms with Crippen molar-refractivity contribution in [2.75, 3.05) is 0 Å². The number of ether oxygens (including phenoxy) is 2. The molecule has 2 heterocycles. The summed E-state index contributed by atoms with van der Waals surface area (Å²) in [6.07, 6.45) is 0.985. The molecule has 0 bridgehead atoms. The molecule has 9 aromatic rings. The van der Waals surface area contributed by atoms with E-state index >= 15 is 0 Å². The lowest BCUT2D eigenvalue weighted by atomic mass is 10.1. The van der Waals surface area contributed by atoms with E-state index in [1.807, 2.05) is 76.2 Å². The van der Waals surface area contributed by atoms with E-state index in [2.05, 4.69) is 136 Å². The number of aromatic nitrogens is 4. The van der Waals surface area contributed by atoms with E-state index in [4.69, 9.17) is 53.3 Å². The zero-order chi connectivity index (χ0) is 46.0. The highest BCUT2D eigenvalue weighted by molar-refractivity contribution is 7.95. The van der Waals surface area contributed by atoms with Crippen molar-refractivity contribution in [3.63, 3.8) is 0 Å². The number of alkyl halides is 1. The van der Waals surface area contributed by atoms with Gasteiger partial charge in [-0.25, -0.2) is 0 Å². The fraction of sp³-hybridized carbons (Fsp3) is 0.148. The third-order valence-corrected chi connectivity index (χ3v) is 15.8. The van der Waals surface area contributed by atoms with Crippen LogP contribution in [-0.4, -0.2) is 32.5 Å². The van der Waals surface area contributed by atoms with Crippen molar-refractivity contribution in [3.8, 4) is 57.2 Å². The van der Waals surface area contributed by atoms with Gasteiger partial charge in [-0.15, -0.1) is 11.6 Å². The molecule has 0 fully saturated rings. The number of benzene rings is 7. The molecule has 2 aromatic heterocycles. The molecule has 67 heavy (non-hydrogen) atoms. The Bertz CT molecular complexity index is 2870. The van der Waals surface area contributed by atoms with Crippen molar-refractivity contribution in [3.05, 3.63) is 197 Å². The highest BCUT2D eigenvalue weighted by Gasteiger charge is 2.45. The second-order valence-corrected chi connectivity index (χ2v) is 20.5. The summed E-state index contributed by atoms with van der Waals surface area (Å²) in [5.41, 5.74) is 5.53. The first-order valence-electron chi connectivity index (χ1n) is 21.5. The van der Waals surface area contributed by atoms with E-state index < -0.39 is 7.26 Å². The summed E-state index contributed by atoms with van der Waals surface area (Å²) < 4.78 is 22.4. The number of rotatable bonds is 14. The zero-order valence-corrected chi connectivity index (χ0v) is 41.1. The predicted molar refractivity (Wildman–Crippen MR) is 270 cm³/mol. The quantitative estimate of drug-likeness (QED) is 0.0785. The fourth-order valence-electron chi connectivity index (χ4n) is 7.43. The van der Waals surface area contributed by atoms with Crippen LogP contribution in [0.2, 0.25) is 10.0 Å². The average Bonchev–Trinajstić information content (AvgIpc) is 4.05. The molecular weight excluding hydrogens is 941 g/mol. The molecule has 0 radical (unpaired) electrons. The Morgan fingerprint density at radius 3 is 1.18 bits per heavy atom. The highest BCUT2D eigenvalue weighted by atomic mass is 35.5. The van der Waals surface area contributed by atoms with E-state index in [0.717, 1.165) is 34.0 Å². The Kier molecular flexibility index (Phi) is 16.6. The maximum atomic E-state index is 6.44. The zero-order valence-electron chi connectivity index (χ0n) is 37.2. The summed E-state index contributed by atoms with van der Waals surface area (Å²) in [5.74, 6) is 3.61. The minimum Gasteiger partial charge on any atom is -1.00 e. The largest absolute Gasteiger partial charge is 1.00 e. The Morgan fingerprint density at radius 2 is 0.836 bits per heavy atom. The maximum Gasteiger partial charge on any atom is 0.258 e. The van der Waals surface area contributed by atoms with Crippen molar-refractivity contribution < 1.29 is 30.9 Å². The van der Waals surface area contributed by atoms with Crippen LogP contribution in [0.1, 0.15) is 38.8 Å². The first kappa shape index (κ1) is 48.9. The molecule has 0 spiro atoms. The van der Waals surface area contributed by atoms with Crippen molar-refractivity contribution in [2.24, 2.45) is 0 Å². The maximum absolute atomic E-state index is 6.44. The van der Waals surface area contributed by atoms with Crippen LogP contribution in [0.15, 0.2) is 185 Å². The molecular formula is C54H47Cl4N4O4P. The lowest BCUT2D eigenvalue weighted by molar-refractivity contribution is -0.0000162. The number of hydrogen-bond acceptors (Lipinski definition) is 8. The van der Waals surface area contributed by atoms with Gasteiger partial charge in [0.2, 0.25) is 11.6 Å². The summed E-state index contributed by atoms with van der Waals surface area (Å²) in [4.78, 5) is 9.09. The molecule has 8 nitrogen and oxygen atoms in total. The topological polar surface area (TPSA) is 96.3 Å². The van der Waals surface area contributed by atoms with E-state index in [0.29, 0.717) is 50.9 Å². The predicted octanol–water partition coefficient (Wildman–Crippen LogP) is 10.9. The van der Waals surface area contributed by atoms with Crippen LogP contribution in [0.4, 0.5) is 0 Å². The van der Waals surface area contributed by atoms with E-state index in [1.54, 1.807) is 12.1 Å². The molecule has 0 amide bonds. The van der Waals surface area contributed by atoms with Gasteiger partial charge < -0.3 is 30.9 Å². The fourth-order valence-corrected chi connectivity index (χ4v) is 12.3. The summed E-state index contributed by atoms with van der Waals surface area (Å²) in [7, 11) is -1.99. The van der Waals surface area contributed by atoms with Crippen LogP contribution in [-0.2, 0) is 12.0 Å². The Balaban J connectivity index is 0.000000227. The normalized spacial score (nSPS) is 11.2. The minimum atomic E-state index is -1.99. The molecule has 7 aromatic carbocycles. The molecule has 0 saturated heterocycles. The van der Waals surface area contributed by atoms with Gasteiger partial charge in [0.05, 0.1) is 28.4 Å². The molecule has 0 aliphatic rings. The molecule has 0 N–H and O–H groups in total. The number of hydrogen-bond donors (Lipinski definition) is 0. The van der Waals surface area contributed by atoms with Crippen molar-refractivity contribution in [1.29, 1.82) is 0 Å². The van der Waals surface area contributed by atoms with Gasteiger partial charge in [0.15, 0.2) is 0 Å². The molecule has 9 rings (SSSR count). The minimum absolute atomic E-state index is 0. The van der Waals surface area contributed by atoms with Crippen LogP contribution >= 0.6 is 42.1 Å². The summed E-state index contributed by atoms with van der Waals surface area (Å²) >= 11 is 18.5. The average molecular weight is 989 g/mol. The van der Waals surface area contributed by atoms with Gasteiger partial charge >= 0.3 is 0 Å². The first-order chi connectivity index (χ1) is 32.1. The third kappa shape index (κ3) is 11.8. The SMILES string of the molecule is CC(C)Oc1ccc(-c2noc(-c3ccc(CCl)cc3)n2)cc1Cl.CC(C)Oc1ccc(-c2noc(-c3ccc(C[P+](c4ccccc4)(c4ccccc4)c4ccccc4)cc3)n2)cc1Cl.[Cl-]. The molecule has 0 aliphatic heterocycles. The Morgan fingerprint density at radius 1 is 0.478 bits per heavy atom. The van der Waals surface area contributed by atoms with Gasteiger partial charge in [-0.3, -0.25) is 0 Å². The van der Waals surface area contributed by atoms with Crippen LogP contribution in [0.3, 0.4) is 0 Å². The molecule has 0 aliphatic carbocycles. The van der Waals surface area contributed by atoms with E-state index in [-0.39, 0.29) is 24.6 Å². The van der Waals surface area contributed by atoms with Crippen molar-refractivity contribution in [1.82, 2.24) is 20.3 Å². The van der Waals surface area contributed by atoms with Gasteiger partial charge in [-0.05, 0) is 136 Å². The van der Waals surface area contributed by atoms with Gasteiger partial charge in [0.25, 0.3) is 11.8 Å². The van der Waals surface area contributed by atoms with Crippen LogP contribution < -0.4 is 37.8 Å². The lowest BCUT2D eigenvalue weighted by Gasteiger charge is -2.27. The number of halogens is 4. The van der Waals surface area contributed by atoms with Crippen molar-refractivity contribution >= 4 is 58.0 Å². The van der Waals surface area contributed by atoms with Crippen LogP contribution in [0, 0.1) is 0 Å². The number of nitrogens with zero attached hydrogens (tertiary/aromatic N) is 4. The lowest BCUT2D eigenvalue weighted by Crippen LogP contribution is -3.00. The second-order valence-electron chi connectivity index (χ2n) is 16.0. The van der Waals surface area contributed by atoms with Gasteiger partial charge in [0.1, 0.15) is 34.7 Å². The standard InChI is InChI=1S/C36H31ClN2O2P.C18H16Cl2N2O2.ClH/c1-26(2)40-34-23-22-29(24-33(34)37)35-38-36(41-39-35)28-20-18-27(19-21-28)25-42(30-12-6-3-7-13-30,31-14-8-4-9-15-31)32-16-10-5-11-17-32;1-11(2)23-16-8-7-14(9-15(16)20)17-21-18(24-22-17)13-5-3-12(10-19)4-6-13;/h3-24,26H,25H2,1-2H3;3-9,11H,10H2,1-2H3;1H/q+1;;/p-1. The molecule has 0 unspecified atom stereocenters. The molecule has 13 heteroatoms. The van der Waals surface area contributed by atoms with Gasteiger partial charge in [-0.2, -0.15) is 9.97 Å². The Labute approximate surface area is 413 Å². The van der Waals surface area contributed by atoms with E-state index in [9.17, 15) is 0 Å². The monoisotopic (exact) mass is 986 g/mol. The molecule has 0 saturated carbocycles. The molecule has 0 atom stereocenters. The summed E-state index contributed by atoms with van der Waals surface area (Å²) in [5, 5.41) is 13.3. The van der Waals surface area contributed by atoms with E-state index in [1.165, 1.54) is 21.5 Å². The van der Waals surface area contributed by atoms with Crippen molar-refractivity contribution in [2.45, 2.75) is 51.9 Å². The highest BCUT2D eigenvalue weighted by Crippen LogP contribution is 2.58. The first-order valence-corrected chi connectivity index (χ1v) is 24.8. The summed E-state index contributed by atoms with van der Waals surface area (Å²) in [6.45, 7) is 7.83. The Hall–Kier alpha value is -5.99. The van der Waals surface area contributed by atoms with Crippen LogP contribution in [0.5, 0.6) is 11.5 Å².